The Labute approximate surface area is 132 Å². The molecule has 0 aliphatic rings. The second-order valence-electron chi connectivity index (χ2n) is 4.33. The lowest BCUT2D eigenvalue weighted by molar-refractivity contribution is 0.102. The topological polar surface area (TPSA) is 77.2 Å². The Hall–Kier alpha value is -1.98. The minimum Gasteiger partial charge on any atom is -0.497 e. The van der Waals surface area contributed by atoms with Crippen LogP contribution in [0.15, 0.2) is 24.3 Å². The molecular formula is C14H13Cl2N3O2. The molecule has 110 valence electrons. The molecule has 0 radical (unpaired) electrons. The molecule has 2 aromatic rings. The normalized spacial score (nSPS) is 10.3. The van der Waals surface area contributed by atoms with Crippen LogP contribution in [0.25, 0.3) is 0 Å². The molecule has 5 nitrogen and oxygen atoms in total. The number of benzene rings is 1. The van der Waals surface area contributed by atoms with Crippen molar-refractivity contribution in [1.82, 2.24) is 4.98 Å². The SMILES string of the molecule is COc1ccc(C(=O)Nc2c(C)cc(Cl)nc2Cl)c(N)c1. The predicted molar refractivity (Wildman–Crippen MR) is 84.4 cm³/mol. The van der Waals surface area contributed by atoms with Crippen LogP contribution in [-0.2, 0) is 0 Å². The highest BCUT2D eigenvalue weighted by molar-refractivity contribution is 6.35. The van der Waals surface area contributed by atoms with E-state index in [9.17, 15) is 4.79 Å². The minimum atomic E-state index is -0.385. The van der Waals surface area contributed by atoms with Gasteiger partial charge in [0.05, 0.1) is 18.4 Å². The van der Waals surface area contributed by atoms with Crippen molar-refractivity contribution in [3.05, 3.63) is 45.7 Å². The molecule has 7 heteroatoms. The van der Waals surface area contributed by atoms with Gasteiger partial charge in [-0.2, -0.15) is 0 Å². The van der Waals surface area contributed by atoms with E-state index < -0.39 is 0 Å². The largest absolute Gasteiger partial charge is 0.497 e. The third kappa shape index (κ3) is 3.37. The fourth-order valence-corrected chi connectivity index (χ4v) is 2.38. The van der Waals surface area contributed by atoms with E-state index in [-0.39, 0.29) is 16.2 Å². The van der Waals surface area contributed by atoms with Crippen LogP contribution in [0.3, 0.4) is 0 Å². The van der Waals surface area contributed by atoms with E-state index in [0.29, 0.717) is 28.3 Å². The number of pyridine rings is 1. The van der Waals surface area contributed by atoms with Crippen molar-refractivity contribution in [2.24, 2.45) is 0 Å². The number of nitrogens with zero attached hydrogens (tertiary/aromatic N) is 1. The van der Waals surface area contributed by atoms with Gasteiger partial charge in [-0.15, -0.1) is 0 Å². The van der Waals surface area contributed by atoms with E-state index in [1.54, 1.807) is 31.2 Å². The Morgan fingerprint density at radius 3 is 2.62 bits per heavy atom. The van der Waals surface area contributed by atoms with Gasteiger partial charge in [-0.1, -0.05) is 23.2 Å². The molecule has 0 unspecified atom stereocenters. The molecule has 1 aromatic heterocycles. The van der Waals surface area contributed by atoms with Crippen molar-refractivity contribution in [1.29, 1.82) is 0 Å². The van der Waals surface area contributed by atoms with Gasteiger partial charge in [-0.25, -0.2) is 4.98 Å². The molecule has 21 heavy (non-hydrogen) atoms. The first kappa shape index (κ1) is 15.4. The van der Waals surface area contributed by atoms with E-state index in [1.165, 1.54) is 7.11 Å². The molecule has 0 spiro atoms. The highest BCUT2D eigenvalue weighted by atomic mass is 35.5. The molecule has 0 bridgehead atoms. The summed E-state index contributed by atoms with van der Waals surface area (Å²) >= 11 is 11.8. The number of aromatic nitrogens is 1. The summed E-state index contributed by atoms with van der Waals surface area (Å²) in [5.74, 6) is 0.190. The first-order chi connectivity index (χ1) is 9.92. The number of rotatable bonds is 3. The molecular weight excluding hydrogens is 313 g/mol. The summed E-state index contributed by atoms with van der Waals surface area (Å²) in [4.78, 5) is 16.2. The van der Waals surface area contributed by atoms with Gasteiger partial charge in [0, 0.05) is 11.8 Å². The van der Waals surface area contributed by atoms with Crippen molar-refractivity contribution in [3.63, 3.8) is 0 Å². The number of aryl methyl sites for hydroxylation is 1. The van der Waals surface area contributed by atoms with Crippen LogP contribution in [0, 0.1) is 6.92 Å². The third-order valence-corrected chi connectivity index (χ3v) is 3.35. The first-order valence-electron chi connectivity index (χ1n) is 6.00. The number of carbonyl (C=O) groups excluding carboxylic acids is 1. The molecule has 0 fully saturated rings. The highest BCUT2D eigenvalue weighted by Gasteiger charge is 2.15. The Bertz CT molecular complexity index is 682. The molecule has 2 rings (SSSR count). The number of nitrogens with two attached hydrogens (primary N) is 1. The number of ether oxygens (including phenoxy) is 1. The Kier molecular flexibility index (Phi) is 4.55. The highest BCUT2D eigenvalue weighted by Crippen LogP contribution is 2.28. The van der Waals surface area contributed by atoms with Crippen molar-refractivity contribution < 1.29 is 9.53 Å². The average molecular weight is 326 g/mol. The van der Waals surface area contributed by atoms with E-state index in [4.69, 9.17) is 33.7 Å². The van der Waals surface area contributed by atoms with Gasteiger partial charge in [0.1, 0.15) is 10.9 Å². The monoisotopic (exact) mass is 325 g/mol. The number of methoxy groups -OCH3 is 1. The van der Waals surface area contributed by atoms with Crippen LogP contribution >= 0.6 is 23.2 Å². The number of hydrogen-bond acceptors (Lipinski definition) is 4. The smallest absolute Gasteiger partial charge is 0.257 e. The maximum absolute atomic E-state index is 12.3. The van der Waals surface area contributed by atoms with E-state index >= 15 is 0 Å². The second kappa shape index (κ2) is 6.20. The van der Waals surface area contributed by atoms with Crippen LogP contribution in [0.2, 0.25) is 10.3 Å². The van der Waals surface area contributed by atoms with Gasteiger partial charge in [0.2, 0.25) is 0 Å². The summed E-state index contributed by atoms with van der Waals surface area (Å²) < 4.78 is 5.04. The zero-order valence-electron chi connectivity index (χ0n) is 11.4. The second-order valence-corrected chi connectivity index (χ2v) is 5.08. The lowest BCUT2D eigenvalue weighted by atomic mass is 10.1. The zero-order chi connectivity index (χ0) is 15.6. The van der Waals surface area contributed by atoms with Gasteiger partial charge >= 0.3 is 0 Å². The number of carbonyl (C=O) groups is 1. The summed E-state index contributed by atoms with van der Waals surface area (Å²) in [6, 6.07) is 6.42. The predicted octanol–water partition coefficient (Wildman–Crippen LogP) is 3.54. The van der Waals surface area contributed by atoms with Gasteiger partial charge in [0.15, 0.2) is 5.15 Å². The molecule has 0 aliphatic heterocycles. The van der Waals surface area contributed by atoms with Crippen molar-refractivity contribution in [2.45, 2.75) is 6.92 Å². The summed E-state index contributed by atoms with van der Waals surface area (Å²) in [6.45, 7) is 1.77. The fraction of sp³-hybridized carbons (Fsp3) is 0.143. The number of amides is 1. The maximum Gasteiger partial charge on any atom is 0.257 e. The molecule has 1 aromatic carbocycles. The Balaban J connectivity index is 2.30. The molecule has 1 heterocycles. The van der Waals surface area contributed by atoms with Crippen molar-refractivity contribution >= 4 is 40.5 Å². The number of halogens is 2. The number of hydrogen-bond donors (Lipinski definition) is 2. The van der Waals surface area contributed by atoms with Gasteiger partial charge in [-0.3, -0.25) is 4.79 Å². The maximum atomic E-state index is 12.3. The van der Waals surface area contributed by atoms with E-state index in [2.05, 4.69) is 10.3 Å². The summed E-state index contributed by atoms with van der Waals surface area (Å²) in [6.07, 6.45) is 0. The van der Waals surface area contributed by atoms with Gasteiger partial charge in [0.25, 0.3) is 5.91 Å². The Morgan fingerprint density at radius 1 is 1.33 bits per heavy atom. The first-order valence-corrected chi connectivity index (χ1v) is 6.75. The molecule has 0 saturated carbocycles. The number of nitrogens with one attached hydrogen (secondary N) is 1. The average Bonchev–Trinajstić information content (AvgIpc) is 2.42. The van der Waals surface area contributed by atoms with Crippen LogP contribution in [-0.4, -0.2) is 18.0 Å². The van der Waals surface area contributed by atoms with Crippen molar-refractivity contribution in [2.75, 3.05) is 18.2 Å². The van der Waals surface area contributed by atoms with Crippen LogP contribution in [0.1, 0.15) is 15.9 Å². The van der Waals surface area contributed by atoms with Crippen LogP contribution in [0.4, 0.5) is 11.4 Å². The van der Waals surface area contributed by atoms with Crippen LogP contribution in [0.5, 0.6) is 5.75 Å². The molecule has 0 saturated heterocycles. The van der Waals surface area contributed by atoms with Crippen LogP contribution < -0.4 is 15.8 Å². The number of nitrogen functional groups attached to an aromatic ring is 1. The Morgan fingerprint density at radius 2 is 2.05 bits per heavy atom. The van der Waals surface area contributed by atoms with Crippen molar-refractivity contribution in [3.8, 4) is 5.75 Å². The molecule has 0 atom stereocenters. The lowest BCUT2D eigenvalue weighted by Crippen LogP contribution is -2.15. The van der Waals surface area contributed by atoms with Gasteiger partial charge in [-0.05, 0) is 30.7 Å². The molecule has 0 aliphatic carbocycles. The van der Waals surface area contributed by atoms with Gasteiger partial charge < -0.3 is 15.8 Å². The standard InChI is InChI=1S/C14H13Cl2N3O2/c1-7-5-11(15)18-13(16)12(7)19-14(20)9-4-3-8(21-2)6-10(9)17/h3-6H,17H2,1-2H3,(H,19,20). The molecule has 3 N–H and O–H groups in total. The molecule has 1 amide bonds. The van der Waals surface area contributed by atoms with E-state index in [0.717, 1.165) is 0 Å². The fourth-order valence-electron chi connectivity index (χ4n) is 1.80. The minimum absolute atomic E-state index is 0.125. The third-order valence-electron chi connectivity index (χ3n) is 2.88. The number of anilines is 2. The van der Waals surface area contributed by atoms with E-state index in [1.807, 2.05) is 0 Å². The summed E-state index contributed by atoms with van der Waals surface area (Å²) in [7, 11) is 1.52. The zero-order valence-corrected chi connectivity index (χ0v) is 12.9. The summed E-state index contributed by atoms with van der Waals surface area (Å²) in [5, 5.41) is 3.08. The quantitative estimate of drug-likeness (QED) is 0.668. The lowest BCUT2D eigenvalue weighted by Gasteiger charge is -2.12. The summed E-state index contributed by atoms with van der Waals surface area (Å²) in [5.41, 5.74) is 7.58.